The SMILES string of the molecule is CC(O)C(NC(=O)CCC(N)C(=O)O)C(=O)O. The van der Waals surface area contributed by atoms with Crippen LogP contribution in [0, 0.1) is 0 Å². The summed E-state index contributed by atoms with van der Waals surface area (Å²) in [5.41, 5.74) is 5.17. The van der Waals surface area contributed by atoms with Crippen LogP contribution >= 0.6 is 0 Å². The van der Waals surface area contributed by atoms with Gasteiger partial charge >= 0.3 is 11.9 Å². The average molecular weight is 248 g/mol. The summed E-state index contributed by atoms with van der Waals surface area (Å²) in [6.07, 6.45) is -1.57. The summed E-state index contributed by atoms with van der Waals surface area (Å²) < 4.78 is 0. The van der Waals surface area contributed by atoms with Gasteiger partial charge in [0.05, 0.1) is 6.10 Å². The fourth-order valence-corrected chi connectivity index (χ4v) is 1.04. The molecular weight excluding hydrogens is 232 g/mol. The van der Waals surface area contributed by atoms with E-state index >= 15 is 0 Å². The number of carboxylic acids is 2. The maximum atomic E-state index is 11.3. The maximum Gasteiger partial charge on any atom is 0.328 e. The highest BCUT2D eigenvalue weighted by molar-refractivity contribution is 5.84. The summed E-state index contributed by atoms with van der Waals surface area (Å²) >= 11 is 0. The monoisotopic (exact) mass is 248 g/mol. The molecule has 1 amide bonds. The maximum absolute atomic E-state index is 11.3. The number of nitrogens with two attached hydrogens (primary N) is 1. The molecule has 0 aliphatic heterocycles. The molecule has 0 saturated heterocycles. The molecule has 0 aliphatic carbocycles. The Kier molecular flexibility index (Phi) is 6.15. The Morgan fingerprint density at radius 2 is 1.76 bits per heavy atom. The number of carbonyl (C=O) groups is 3. The van der Waals surface area contributed by atoms with E-state index in [1.165, 1.54) is 6.92 Å². The van der Waals surface area contributed by atoms with Gasteiger partial charge in [-0.1, -0.05) is 0 Å². The molecule has 6 N–H and O–H groups in total. The first-order chi connectivity index (χ1) is 7.75. The van der Waals surface area contributed by atoms with E-state index in [0.29, 0.717) is 0 Å². The van der Waals surface area contributed by atoms with Gasteiger partial charge in [0.25, 0.3) is 0 Å². The van der Waals surface area contributed by atoms with Crippen LogP contribution in [0.1, 0.15) is 19.8 Å². The van der Waals surface area contributed by atoms with E-state index in [1.54, 1.807) is 0 Å². The van der Waals surface area contributed by atoms with E-state index < -0.39 is 36.0 Å². The van der Waals surface area contributed by atoms with Gasteiger partial charge in [-0.05, 0) is 13.3 Å². The van der Waals surface area contributed by atoms with Crippen LogP contribution in [0.15, 0.2) is 0 Å². The van der Waals surface area contributed by atoms with Crippen LogP contribution in [0.2, 0.25) is 0 Å². The number of carbonyl (C=O) groups excluding carboxylic acids is 1. The van der Waals surface area contributed by atoms with Gasteiger partial charge in [0.2, 0.25) is 5.91 Å². The number of aliphatic hydroxyl groups excluding tert-OH is 1. The molecule has 17 heavy (non-hydrogen) atoms. The van der Waals surface area contributed by atoms with Gasteiger partial charge in [-0.3, -0.25) is 9.59 Å². The molecule has 0 bridgehead atoms. The lowest BCUT2D eigenvalue weighted by molar-refractivity contribution is -0.145. The van der Waals surface area contributed by atoms with E-state index in [2.05, 4.69) is 5.32 Å². The lowest BCUT2D eigenvalue weighted by Gasteiger charge is -2.17. The second kappa shape index (κ2) is 6.81. The summed E-state index contributed by atoms with van der Waals surface area (Å²) in [6, 6.07) is -2.58. The number of rotatable bonds is 7. The molecule has 3 unspecified atom stereocenters. The molecular formula is C9H16N2O6. The van der Waals surface area contributed by atoms with Crippen LogP contribution in [0.3, 0.4) is 0 Å². The van der Waals surface area contributed by atoms with Crippen LogP contribution in [-0.4, -0.2) is 51.4 Å². The van der Waals surface area contributed by atoms with Crippen molar-refractivity contribution < 1.29 is 29.7 Å². The summed E-state index contributed by atoms with van der Waals surface area (Å²) in [4.78, 5) is 32.2. The minimum absolute atomic E-state index is 0.104. The molecule has 0 aromatic carbocycles. The summed E-state index contributed by atoms with van der Waals surface area (Å²) in [5.74, 6) is -3.27. The largest absolute Gasteiger partial charge is 0.480 e. The van der Waals surface area contributed by atoms with E-state index in [-0.39, 0.29) is 12.8 Å². The highest BCUT2D eigenvalue weighted by Crippen LogP contribution is 1.98. The van der Waals surface area contributed by atoms with E-state index in [0.717, 1.165) is 0 Å². The number of aliphatic hydroxyl groups is 1. The average Bonchev–Trinajstić information content (AvgIpc) is 2.21. The van der Waals surface area contributed by atoms with Gasteiger partial charge in [-0.25, -0.2) is 4.79 Å². The molecule has 0 aliphatic rings. The van der Waals surface area contributed by atoms with Gasteiger partial charge < -0.3 is 26.4 Å². The highest BCUT2D eigenvalue weighted by Gasteiger charge is 2.25. The van der Waals surface area contributed by atoms with Crippen molar-refractivity contribution >= 4 is 17.8 Å². The Morgan fingerprint density at radius 1 is 1.24 bits per heavy atom. The van der Waals surface area contributed by atoms with E-state index in [1.807, 2.05) is 0 Å². The molecule has 0 heterocycles. The molecule has 0 aromatic rings. The van der Waals surface area contributed by atoms with Crippen molar-refractivity contribution in [1.29, 1.82) is 0 Å². The van der Waals surface area contributed by atoms with Crippen LogP contribution in [-0.2, 0) is 14.4 Å². The van der Waals surface area contributed by atoms with Gasteiger partial charge in [-0.15, -0.1) is 0 Å². The molecule has 0 aromatic heterocycles. The minimum Gasteiger partial charge on any atom is -0.480 e. The zero-order valence-electron chi connectivity index (χ0n) is 9.29. The number of hydrogen-bond donors (Lipinski definition) is 5. The van der Waals surface area contributed by atoms with Crippen LogP contribution < -0.4 is 11.1 Å². The van der Waals surface area contributed by atoms with Crippen molar-refractivity contribution in [2.75, 3.05) is 0 Å². The van der Waals surface area contributed by atoms with E-state index in [9.17, 15) is 14.4 Å². The lowest BCUT2D eigenvalue weighted by Crippen LogP contribution is -2.48. The minimum atomic E-state index is -1.41. The first-order valence-corrected chi connectivity index (χ1v) is 4.94. The summed E-state index contributed by atoms with van der Waals surface area (Å²) in [6.45, 7) is 1.22. The van der Waals surface area contributed by atoms with Crippen molar-refractivity contribution in [3.05, 3.63) is 0 Å². The fraction of sp³-hybridized carbons (Fsp3) is 0.667. The van der Waals surface area contributed by atoms with Crippen molar-refractivity contribution in [3.63, 3.8) is 0 Å². The van der Waals surface area contributed by atoms with Gasteiger partial charge in [0, 0.05) is 6.42 Å². The van der Waals surface area contributed by atoms with Crippen molar-refractivity contribution in [3.8, 4) is 0 Å². The molecule has 0 fully saturated rings. The van der Waals surface area contributed by atoms with Crippen molar-refractivity contribution in [2.24, 2.45) is 5.73 Å². The Hall–Kier alpha value is -1.67. The topological polar surface area (TPSA) is 150 Å². The first-order valence-electron chi connectivity index (χ1n) is 4.94. The normalized spacial score (nSPS) is 15.7. The zero-order chi connectivity index (χ0) is 13.6. The Balaban J connectivity index is 4.16. The second-order valence-electron chi connectivity index (χ2n) is 3.61. The number of amides is 1. The third-order valence-electron chi connectivity index (χ3n) is 2.06. The predicted octanol–water partition coefficient (Wildman–Crippen LogP) is -1.87. The summed E-state index contributed by atoms with van der Waals surface area (Å²) in [5, 5.41) is 28.3. The second-order valence-corrected chi connectivity index (χ2v) is 3.61. The molecule has 0 spiro atoms. The number of hydrogen-bond acceptors (Lipinski definition) is 5. The lowest BCUT2D eigenvalue weighted by atomic mass is 10.1. The molecule has 8 nitrogen and oxygen atoms in total. The van der Waals surface area contributed by atoms with Crippen LogP contribution in [0.4, 0.5) is 0 Å². The molecule has 0 saturated carbocycles. The van der Waals surface area contributed by atoms with Crippen molar-refractivity contribution in [1.82, 2.24) is 5.32 Å². The molecule has 0 rings (SSSR count). The third kappa shape index (κ3) is 5.83. The fourth-order valence-electron chi connectivity index (χ4n) is 1.04. The van der Waals surface area contributed by atoms with E-state index in [4.69, 9.17) is 21.1 Å². The quantitative estimate of drug-likeness (QED) is 0.354. The Morgan fingerprint density at radius 3 is 2.12 bits per heavy atom. The molecule has 8 heteroatoms. The highest BCUT2D eigenvalue weighted by atomic mass is 16.4. The van der Waals surface area contributed by atoms with Crippen LogP contribution in [0.25, 0.3) is 0 Å². The van der Waals surface area contributed by atoms with Gasteiger partial charge in [-0.2, -0.15) is 0 Å². The number of carboxylic acid groups (broad SMARTS) is 2. The standard InChI is InChI=1S/C9H16N2O6/c1-4(12)7(9(16)17)11-6(13)3-2-5(10)8(14)15/h4-5,7,12H,2-3,10H2,1H3,(H,11,13)(H,14,15)(H,16,17). The number of aliphatic carboxylic acids is 2. The zero-order valence-corrected chi connectivity index (χ0v) is 9.29. The smallest absolute Gasteiger partial charge is 0.328 e. The van der Waals surface area contributed by atoms with Gasteiger partial charge in [0.15, 0.2) is 6.04 Å². The van der Waals surface area contributed by atoms with Crippen LogP contribution in [0.5, 0.6) is 0 Å². The number of nitrogens with one attached hydrogen (secondary N) is 1. The Labute approximate surface area is 97.4 Å². The third-order valence-corrected chi connectivity index (χ3v) is 2.06. The predicted molar refractivity (Wildman–Crippen MR) is 56.1 cm³/mol. The molecule has 3 atom stereocenters. The summed E-state index contributed by atoms with van der Waals surface area (Å²) in [7, 11) is 0. The van der Waals surface area contributed by atoms with Gasteiger partial charge in [0.1, 0.15) is 6.04 Å². The first kappa shape index (κ1) is 15.3. The molecule has 98 valence electrons. The molecule has 0 radical (unpaired) electrons. The van der Waals surface area contributed by atoms with Crippen molar-refractivity contribution in [2.45, 2.75) is 38.0 Å². The Bertz CT molecular complexity index is 304.